The van der Waals surface area contributed by atoms with Crippen molar-refractivity contribution in [2.75, 3.05) is 19.0 Å². The lowest BCUT2D eigenvalue weighted by molar-refractivity contribution is 0.101. The largest absolute Gasteiger partial charge is 0.383 e. The third-order valence-corrected chi connectivity index (χ3v) is 5.00. The molecule has 27 heavy (non-hydrogen) atoms. The van der Waals surface area contributed by atoms with Crippen molar-refractivity contribution in [3.63, 3.8) is 0 Å². The highest BCUT2D eigenvalue weighted by atomic mass is 32.1. The van der Waals surface area contributed by atoms with E-state index in [0.717, 1.165) is 22.2 Å². The van der Waals surface area contributed by atoms with Gasteiger partial charge in [0.25, 0.3) is 5.91 Å². The van der Waals surface area contributed by atoms with E-state index < -0.39 is 0 Å². The van der Waals surface area contributed by atoms with E-state index in [0.29, 0.717) is 24.0 Å². The summed E-state index contributed by atoms with van der Waals surface area (Å²) in [6, 6.07) is 13.6. The Bertz CT molecular complexity index is 1070. The summed E-state index contributed by atoms with van der Waals surface area (Å²) in [6.07, 6.45) is 3.47. The number of hydrogen-bond acceptors (Lipinski definition) is 5. The number of para-hydroxylation sites is 1. The van der Waals surface area contributed by atoms with E-state index in [9.17, 15) is 4.79 Å². The number of nitrogens with one attached hydrogen (secondary N) is 1. The fourth-order valence-electron chi connectivity index (χ4n) is 2.96. The lowest BCUT2D eigenvalue weighted by atomic mass is 10.2. The van der Waals surface area contributed by atoms with Crippen LogP contribution in [0.2, 0.25) is 0 Å². The number of methoxy groups -OCH3 is 1. The SMILES string of the molecule is COCCn1c(C(=O)Nc2nc(-c3cccnc3)cs2)cc2ccccc21. The number of fused-ring (bicyclic) bond motifs is 1. The van der Waals surface area contributed by atoms with Gasteiger partial charge in [-0.05, 0) is 24.3 Å². The van der Waals surface area contributed by atoms with Gasteiger partial charge in [0.05, 0.1) is 12.3 Å². The molecular weight excluding hydrogens is 360 g/mol. The fraction of sp³-hybridized carbons (Fsp3) is 0.150. The second kappa shape index (κ2) is 7.69. The number of thiazole rings is 1. The molecule has 0 atom stereocenters. The molecule has 0 saturated carbocycles. The molecule has 0 saturated heterocycles. The van der Waals surface area contributed by atoms with Crippen molar-refractivity contribution in [2.24, 2.45) is 0 Å². The number of ether oxygens (including phenoxy) is 1. The van der Waals surface area contributed by atoms with Crippen molar-refractivity contribution in [3.05, 3.63) is 65.9 Å². The smallest absolute Gasteiger partial charge is 0.274 e. The lowest BCUT2D eigenvalue weighted by Crippen LogP contribution is -2.18. The molecule has 0 unspecified atom stereocenters. The summed E-state index contributed by atoms with van der Waals surface area (Å²) < 4.78 is 7.18. The second-order valence-corrected chi connectivity index (χ2v) is 6.82. The molecule has 6 nitrogen and oxygen atoms in total. The zero-order chi connectivity index (χ0) is 18.6. The molecule has 0 aliphatic carbocycles. The molecule has 1 N–H and O–H groups in total. The number of anilines is 1. The molecule has 0 radical (unpaired) electrons. The zero-order valence-corrected chi connectivity index (χ0v) is 15.6. The molecule has 0 aliphatic heterocycles. The minimum Gasteiger partial charge on any atom is -0.383 e. The van der Waals surface area contributed by atoms with Crippen LogP contribution in [0.1, 0.15) is 10.5 Å². The highest BCUT2D eigenvalue weighted by Crippen LogP contribution is 2.25. The first-order valence-corrected chi connectivity index (χ1v) is 9.38. The maximum Gasteiger partial charge on any atom is 0.274 e. The van der Waals surface area contributed by atoms with E-state index >= 15 is 0 Å². The monoisotopic (exact) mass is 378 g/mol. The number of amides is 1. The van der Waals surface area contributed by atoms with Crippen LogP contribution in [-0.4, -0.2) is 34.2 Å². The zero-order valence-electron chi connectivity index (χ0n) is 14.8. The summed E-state index contributed by atoms with van der Waals surface area (Å²) in [4.78, 5) is 21.5. The summed E-state index contributed by atoms with van der Waals surface area (Å²) in [7, 11) is 1.65. The quantitative estimate of drug-likeness (QED) is 0.549. The normalized spacial score (nSPS) is 11.0. The van der Waals surface area contributed by atoms with Crippen molar-refractivity contribution in [1.82, 2.24) is 14.5 Å². The van der Waals surface area contributed by atoms with E-state index in [1.54, 1.807) is 19.5 Å². The predicted molar refractivity (Wildman–Crippen MR) is 107 cm³/mol. The molecule has 4 rings (SSSR count). The molecule has 7 heteroatoms. The van der Waals surface area contributed by atoms with Gasteiger partial charge in [-0.25, -0.2) is 4.98 Å². The van der Waals surface area contributed by atoms with Crippen LogP contribution in [-0.2, 0) is 11.3 Å². The van der Waals surface area contributed by atoms with Crippen LogP contribution in [0.5, 0.6) is 0 Å². The van der Waals surface area contributed by atoms with Gasteiger partial charge in [-0.15, -0.1) is 11.3 Å². The average molecular weight is 378 g/mol. The van der Waals surface area contributed by atoms with Gasteiger partial charge >= 0.3 is 0 Å². The van der Waals surface area contributed by atoms with E-state index in [2.05, 4.69) is 15.3 Å². The van der Waals surface area contributed by atoms with Crippen LogP contribution in [0, 0.1) is 0 Å². The Morgan fingerprint density at radius 1 is 1.26 bits per heavy atom. The maximum atomic E-state index is 12.9. The minimum absolute atomic E-state index is 0.186. The summed E-state index contributed by atoms with van der Waals surface area (Å²) in [6.45, 7) is 1.13. The summed E-state index contributed by atoms with van der Waals surface area (Å²) >= 11 is 1.39. The van der Waals surface area contributed by atoms with E-state index in [4.69, 9.17) is 4.74 Å². The fourth-order valence-corrected chi connectivity index (χ4v) is 3.68. The molecule has 0 fully saturated rings. The van der Waals surface area contributed by atoms with Gasteiger partial charge in [0, 0.05) is 47.9 Å². The van der Waals surface area contributed by atoms with Gasteiger partial charge in [0.2, 0.25) is 0 Å². The van der Waals surface area contributed by atoms with Crippen LogP contribution >= 0.6 is 11.3 Å². The first kappa shape index (κ1) is 17.4. The minimum atomic E-state index is -0.186. The van der Waals surface area contributed by atoms with Crippen LogP contribution in [0.3, 0.4) is 0 Å². The van der Waals surface area contributed by atoms with Crippen molar-refractivity contribution in [2.45, 2.75) is 6.54 Å². The first-order chi connectivity index (χ1) is 13.3. The Kier molecular flexibility index (Phi) is 4.95. The van der Waals surface area contributed by atoms with Crippen LogP contribution < -0.4 is 5.32 Å². The van der Waals surface area contributed by atoms with Crippen molar-refractivity contribution in [3.8, 4) is 11.3 Å². The van der Waals surface area contributed by atoms with Gasteiger partial charge in [0.15, 0.2) is 5.13 Å². The van der Waals surface area contributed by atoms with Gasteiger partial charge in [-0.1, -0.05) is 18.2 Å². The number of carbonyl (C=O) groups is 1. The Hall–Kier alpha value is -3.03. The third-order valence-electron chi connectivity index (χ3n) is 4.24. The summed E-state index contributed by atoms with van der Waals surface area (Å²) in [5.74, 6) is -0.186. The molecule has 1 aromatic carbocycles. The average Bonchev–Trinajstić information content (AvgIpc) is 3.32. The Balaban J connectivity index is 1.61. The highest BCUT2D eigenvalue weighted by molar-refractivity contribution is 7.14. The standard InChI is InChI=1S/C20H18N4O2S/c1-26-10-9-24-17-7-3-2-5-14(17)11-18(24)19(25)23-20-22-16(13-27-20)15-6-4-8-21-12-15/h2-8,11-13H,9-10H2,1H3,(H,22,23,25). The Labute approximate surface area is 160 Å². The van der Waals surface area contributed by atoms with Gasteiger partial charge in [-0.3, -0.25) is 15.1 Å². The number of aromatic nitrogens is 3. The number of hydrogen-bond donors (Lipinski definition) is 1. The molecule has 4 aromatic rings. The van der Waals surface area contributed by atoms with Crippen molar-refractivity contribution in [1.29, 1.82) is 0 Å². The number of carbonyl (C=O) groups excluding carboxylic acids is 1. The van der Waals surface area contributed by atoms with Gasteiger partial charge in [0.1, 0.15) is 5.69 Å². The topological polar surface area (TPSA) is 69.0 Å². The molecule has 3 aromatic heterocycles. The lowest BCUT2D eigenvalue weighted by Gasteiger charge is -2.09. The molecule has 136 valence electrons. The van der Waals surface area contributed by atoms with E-state index in [-0.39, 0.29) is 5.91 Å². The first-order valence-electron chi connectivity index (χ1n) is 8.51. The molecule has 0 aliphatic rings. The van der Waals surface area contributed by atoms with Crippen molar-refractivity contribution < 1.29 is 9.53 Å². The number of rotatable bonds is 6. The predicted octanol–water partition coefficient (Wildman–Crippen LogP) is 4.06. The highest BCUT2D eigenvalue weighted by Gasteiger charge is 2.17. The number of benzene rings is 1. The molecule has 3 heterocycles. The number of pyridine rings is 1. The summed E-state index contributed by atoms with van der Waals surface area (Å²) in [5.41, 5.74) is 3.31. The van der Waals surface area contributed by atoms with Gasteiger partial charge < -0.3 is 9.30 Å². The second-order valence-electron chi connectivity index (χ2n) is 5.97. The molecular formula is C20H18N4O2S. The molecule has 0 bridgehead atoms. The third kappa shape index (κ3) is 3.60. The van der Waals surface area contributed by atoms with Crippen LogP contribution in [0.15, 0.2) is 60.2 Å². The Morgan fingerprint density at radius 3 is 2.96 bits per heavy atom. The number of nitrogens with zero attached hydrogens (tertiary/aromatic N) is 3. The van der Waals surface area contributed by atoms with Crippen LogP contribution in [0.25, 0.3) is 22.2 Å². The maximum absolute atomic E-state index is 12.9. The van der Waals surface area contributed by atoms with Crippen LogP contribution in [0.4, 0.5) is 5.13 Å². The Morgan fingerprint density at radius 2 is 2.15 bits per heavy atom. The molecule has 0 spiro atoms. The van der Waals surface area contributed by atoms with Gasteiger partial charge in [-0.2, -0.15) is 0 Å². The van der Waals surface area contributed by atoms with E-state index in [1.807, 2.05) is 52.4 Å². The molecule has 1 amide bonds. The van der Waals surface area contributed by atoms with E-state index in [1.165, 1.54) is 11.3 Å². The van der Waals surface area contributed by atoms with Crippen molar-refractivity contribution >= 4 is 33.3 Å². The summed E-state index contributed by atoms with van der Waals surface area (Å²) in [5, 5.41) is 6.40.